The van der Waals surface area contributed by atoms with E-state index >= 15 is 0 Å². The van der Waals surface area contributed by atoms with E-state index in [1.165, 1.54) is 12.1 Å². The predicted octanol–water partition coefficient (Wildman–Crippen LogP) is 1.38. The van der Waals surface area contributed by atoms with E-state index in [1.807, 2.05) is 6.92 Å². The highest BCUT2D eigenvalue weighted by molar-refractivity contribution is 7.89. The van der Waals surface area contributed by atoms with E-state index in [1.54, 1.807) is 17.0 Å². The number of amides is 1. The average Bonchev–Trinajstić information content (AvgIpc) is 2.50. The quantitative estimate of drug-likeness (QED) is 0.821. The number of nitrogens with zero attached hydrogens (tertiary/aromatic N) is 1. The molecule has 2 rings (SSSR count). The number of sulfonamides is 1. The Bertz CT molecular complexity index is 598. The smallest absolute Gasteiger partial charge is 0.240 e. The standard InChI is InChI=1S/C15H22N2O4S/c1-2-21-13-6-8-14(9-7-13)22(19,20)16-10-12-17-11-4-3-5-15(17)18/h6-9,16H,2-5,10-12H2,1H3. The molecule has 0 saturated carbocycles. The van der Waals surface area contributed by atoms with Crippen molar-refractivity contribution in [2.45, 2.75) is 31.1 Å². The Morgan fingerprint density at radius 3 is 2.59 bits per heavy atom. The molecule has 6 nitrogen and oxygen atoms in total. The van der Waals surface area contributed by atoms with Crippen LogP contribution in [-0.2, 0) is 14.8 Å². The van der Waals surface area contributed by atoms with Crippen molar-refractivity contribution in [1.82, 2.24) is 9.62 Å². The highest BCUT2D eigenvalue weighted by Gasteiger charge is 2.19. The maximum absolute atomic E-state index is 12.2. The number of carbonyl (C=O) groups is 1. The number of carbonyl (C=O) groups excluding carboxylic acids is 1. The number of ether oxygens (including phenoxy) is 1. The molecule has 1 fully saturated rings. The maximum Gasteiger partial charge on any atom is 0.240 e. The molecule has 0 aromatic heterocycles. The van der Waals surface area contributed by atoms with Crippen LogP contribution in [0.15, 0.2) is 29.2 Å². The summed E-state index contributed by atoms with van der Waals surface area (Å²) in [6.07, 6.45) is 2.47. The Hall–Kier alpha value is -1.60. The van der Waals surface area contributed by atoms with E-state index in [0.29, 0.717) is 31.9 Å². The van der Waals surface area contributed by atoms with Gasteiger partial charge in [0.05, 0.1) is 11.5 Å². The molecule has 22 heavy (non-hydrogen) atoms. The number of nitrogens with one attached hydrogen (secondary N) is 1. The molecule has 0 aliphatic carbocycles. The van der Waals surface area contributed by atoms with Crippen molar-refractivity contribution in [3.8, 4) is 5.75 Å². The molecule has 1 aromatic rings. The van der Waals surface area contributed by atoms with Crippen LogP contribution in [0.25, 0.3) is 0 Å². The van der Waals surface area contributed by atoms with Gasteiger partial charge in [-0.3, -0.25) is 4.79 Å². The summed E-state index contributed by atoms with van der Waals surface area (Å²) in [4.78, 5) is 13.6. The van der Waals surface area contributed by atoms with E-state index in [2.05, 4.69) is 4.72 Å². The highest BCUT2D eigenvalue weighted by atomic mass is 32.2. The molecule has 0 bridgehead atoms. The van der Waals surface area contributed by atoms with Crippen molar-refractivity contribution in [3.63, 3.8) is 0 Å². The number of benzene rings is 1. The molecule has 1 heterocycles. The van der Waals surface area contributed by atoms with Crippen LogP contribution in [0.4, 0.5) is 0 Å². The minimum absolute atomic E-state index is 0.103. The summed E-state index contributed by atoms with van der Waals surface area (Å²) in [5.74, 6) is 0.742. The Kier molecular flexibility index (Phi) is 5.79. The lowest BCUT2D eigenvalue weighted by atomic mass is 10.1. The Morgan fingerprint density at radius 2 is 1.95 bits per heavy atom. The van der Waals surface area contributed by atoms with Crippen LogP contribution in [0, 0.1) is 0 Å². The molecule has 0 radical (unpaired) electrons. The van der Waals surface area contributed by atoms with Gasteiger partial charge >= 0.3 is 0 Å². The van der Waals surface area contributed by atoms with Gasteiger partial charge in [0.2, 0.25) is 15.9 Å². The van der Waals surface area contributed by atoms with E-state index in [0.717, 1.165) is 12.8 Å². The summed E-state index contributed by atoms with van der Waals surface area (Å²) in [5.41, 5.74) is 0. The fraction of sp³-hybridized carbons (Fsp3) is 0.533. The van der Waals surface area contributed by atoms with Gasteiger partial charge in [-0.05, 0) is 44.0 Å². The predicted molar refractivity (Wildman–Crippen MR) is 83.2 cm³/mol. The van der Waals surface area contributed by atoms with Crippen LogP contribution >= 0.6 is 0 Å². The second-order valence-corrected chi connectivity index (χ2v) is 6.91. The first-order chi connectivity index (χ1) is 10.5. The normalized spacial score (nSPS) is 15.9. The summed E-state index contributed by atoms with van der Waals surface area (Å²) in [6, 6.07) is 6.29. The van der Waals surface area contributed by atoms with E-state index in [9.17, 15) is 13.2 Å². The maximum atomic E-state index is 12.2. The molecule has 1 amide bonds. The van der Waals surface area contributed by atoms with Gasteiger partial charge < -0.3 is 9.64 Å². The molecule has 1 aliphatic rings. The van der Waals surface area contributed by atoms with Crippen molar-refractivity contribution in [2.75, 3.05) is 26.2 Å². The van der Waals surface area contributed by atoms with Crippen LogP contribution in [0.5, 0.6) is 5.75 Å². The van der Waals surface area contributed by atoms with E-state index in [-0.39, 0.29) is 17.3 Å². The molecule has 0 atom stereocenters. The molecule has 7 heteroatoms. The van der Waals surface area contributed by atoms with Crippen LogP contribution in [0.2, 0.25) is 0 Å². The van der Waals surface area contributed by atoms with Gasteiger partial charge in [0.25, 0.3) is 0 Å². The zero-order valence-corrected chi connectivity index (χ0v) is 13.6. The Morgan fingerprint density at radius 1 is 1.23 bits per heavy atom. The number of piperidine rings is 1. The van der Waals surface area contributed by atoms with Crippen molar-refractivity contribution in [2.24, 2.45) is 0 Å². The summed E-state index contributed by atoms with van der Waals surface area (Å²) in [5, 5.41) is 0. The molecule has 1 saturated heterocycles. The third-order valence-corrected chi connectivity index (χ3v) is 5.02. The molecule has 0 spiro atoms. The number of rotatable bonds is 7. The van der Waals surface area contributed by atoms with Crippen molar-refractivity contribution in [1.29, 1.82) is 0 Å². The van der Waals surface area contributed by atoms with Gasteiger partial charge in [-0.25, -0.2) is 13.1 Å². The van der Waals surface area contributed by atoms with E-state index in [4.69, 9.17) is 4.74 Å². The summed E-state index contributed by atoms with van der Waals surface area (Å²) in [7, 11) is -3.55. The largest absolute Gasteiger partial charge is 0.494 e. The first kappa shape index (κ1) is 16.8. The van der Waals surface area contributed by atoms with Gasteiger partial charge in [-0.15, -0.1) is 0 Å². The second-order valence-electron chi connectivity index (χ2n) is 5.14. The number of likely N-dealkylation sites (tertiary alicyclic amines) is 1. The fourth-order valence-corrected chi connectivity index (χ4v) is 3.40. The van der Waals surface area contributed by atoms with Gasteiger partial charge in [0.1, 0.15) is 5.75 Å². The molecule has 1 aliphatic heterocycles. The van der Waals surface area contributed by atoms with E-state index < -0.39 is 10.0 Å². The number of hydrogen-bond donors (Lipinski definition) is 1. The first-order valence-electron chi connectivity index (χ1n) is 7.53. The molecule has 122 valence electrons. The van der Waals surface area contributed by atoms with Gasteiger partial charge in [0, 0.05) is 26.1 Å². The van der Waals surface area contributed by atoms with Crippen LogP contribution in [0.1, 0.15) is 26.2 Å². The lowest BCUT2D eigenvalue weighted by Crippen LogP contribution is -2.41. The highest BCUT2D eigenvalue weighted by Crippen LogP contribution is 2.16. The lowest BCUT2D eigenvalue weighted by molar-refractivity contribution is -0.133. The minimum Gasteiger partial charge on any atom is -0.494 e. The van der Waals surface area contributed by atoms with Gasteiger partial charge in [0.15, 0.2) is 0 Å². The Labute approximate surface area is 131 Å². The summed E-state index contributed by atoms with van der Waals surface area (Å²) in [6.45, 7) is 3.75. The molecular weight excluding hydrogens is 304 g/mol. The molecule has 1 N–H and O–H groups in total. The van der Waals surface area contributed by atoms with Crippen LogP contribution in [0.3, 0.4) is 0 Å². The molecular formula is C15H22N2O4S. The third-order valence-electron chi connectivity index (χ3n) is 3.54. The number of hydrogen-bond acceptors (Lipinski definition) is 4. The first-order valence-corrected chi connectivity index (χ1v) is 9.01. The Balaban J connectivity index is 1.89. The summed E-state index contributed by atoms with van der Waals surface area (Å²) < 4.78 is 32.2. The minimum atomic E-state index is -3.55. The zero-order chi connectivity index (χ0) is 16.0. The summed E-state index contributed by atoms with van der Waals surface area (Å²) >= 11 is 0. The molecule has 0 unspecified atom stereocenters. The molecule has 1 aromatic carbocycles. The van der Waals surface area contributed by atoms with Crippen molar-refractivity contribution < 1.29 is 17.9 Å². The third kappa shape index (κ3) is 4.45. The second kappa shape index (κ2) is 7.60. The zero-order valence-electron chi connectivity index (χ0n) is 12.7. The SMILES string of the molecule is CCOc1ccc(S(=O)(=O)NCCN2CCCCC2=O)cc1. The average molecular weight is 326 g/mol. The topological polar surface area (TPSA) is 75.7 Å². The fourth-order valence-electron chi connectivity index (χ4n) is 2.38. The van der Waals surface area contributed by atoms with Gasteiger partial charge in [-0.2, -0.15) is 0 Å². The van der Waals surface area contributed by atoms with Crippen LogP contribution < -0.4 is 9.46 Å². The van der Waals surface area contributed by atoms with Crippen molar-refractivity contribution in [3.05, 3.63) is 24.3 Å². The monoisotopic (exact) mass is 326 g/mol. The van der Waals surface area contributed by atoms with Crippen molar-refractivity contribution >= 4 is 15.9 Å². The van der Waals surface area contributed by atoms with Crippen LogP contribution in [-0.4, -0.2) is 45.5 Å². The van der Waals surface area contributed by atoms with Gasteiger partial charge in [-0.1, -0.05) is 0 Å². The lowest BCUT2D eigenvalue weighted by Gasteiger charge is -2.26.